The predicted molar refractivity (Wildman–Crippen MR) is 104 cm³/mol. The molecule has 0 unspecified atom stereocenters. The molecule has 2 aromatic rings. The molecule has 0 aliphatic rings. The second kappa shape index (κ2) is 9.70. The van der Waals surface area contributed by atoms with Crippen molar-refractivity contribution in [1.82, 2.24) is 10.7 Å². The second-order valence-corrected chi connectivity index (χ2v) is 5.67. The molecule has 0 spiro atoms. The summed E-state index contributed by atoms with van der Waals surface area (Å²) >= 11 is 10.9. The van der Waals surface area contributed by atoms with Gasteiger partial charge in [0.15, 0.2) is 5.11 Å². The van der Waals surface area contributed by atoms with E-state index in [1.165, 1.54) is 0 Å². The van der Waals surface area contributed by atoms with E-state index in [2.05, 4.69) is 22.4 Å². The van der Waals surface area contributed by atoms with Crippen LogP contribution < -0.4 is 15.5 Å². The third-order valence-corrected chi connectivity index (χ3v) is 3.49. The van der Waals surface area contributed by atoms with Crippen LogP contribution in [0, 0.1) is 0 Å². The van der Waals surface area contributed by atoms with Gasteiger partial charge in [0, 0.05) is 17.1 Å². The Balaban J connectivity index is 1.95. The van der Waals surface area contributed by atoms with E-state index in [0.29, 0.717) is 23.3 Å². The molecule has 0 aromatic heterocycles. The number of hydrazone groups is 1. The first-order valence-corrected chi connectivity index (χ1v) is 8.11. The zero-order chi connectivity index (χ0) is 17.2. The Kier molecular flexibility index (Phi) is 7.26. The zero-order valence-corrected chi connectivity index (χ0v) is 14.6. The van der Waals surface area contributed by atoms with Gasteiger partial charge in [-0.3, -0.25) is 5.43 Å². The summed E-state index contributed by atoms with van der Waals surface area (Å²) < 4.78 is 5.86. The molecule has 0 saturated carbocycles. The van der Waals surface area contributed by atoms with Crippen molar-refractivity contribution in [3.63, 3.8) is 0 Å². The maximum absolute atomic E-state index is 5.88. The van der Waals surface area contributed by atoms with Crippen LogP contribution in [0.25, 0.3) is 0 Å². The minimum absolute atomic E-state index is 0.436. The van der Waals surface area contributed by atoms with Crippen LogP contribution >= 0.6 is 23.8 Å². The number of ether oxygens (including phenoxy) is 1. The van der Waals surface area contributed by atoms with E-state index in [0.717, 1.165) is 16.9 Å². The molecule has 2 rings (SSSR count). The normalized spacial score (nSPS) is 10.4. The zero-order valence-electron chi connectivity index (χ0n) is 13.0. The third kappa shape index (κ3) is 6.02. The fourth-order valence-corrected chi connectivity index (χ4v) is 2.09. The van der Waals surface area contributed by atoms with E-state index >= 15 is 0 Å². The van der Waals surface area contributed by atoms with Gasteiger partial charge < -0.3 is 10.1 Å². The van der Waals surface area contributed by atoms with E-state index in [4.69, 9.17) is 28.6 Å². The number of nitrogens with zero attached hydrogens (tertiary/aromatic N) is 1. The van der Waals surface area contributed by atoms with Crippen LogP contribution in [0.3, 0.4) is 0 Å². The number of benzene rings is 2. The summed E-state index contributed by atoms with van der Waals surface area (Å²) in [5.74, 6) is 0.739. The minimum atomic E-state index is 0.436. The smallest absolute Gasteiger partial charge is 0.187 e. The molecule has 0 fully saturated rings. The van der Waals surface area contributed by atoms with Gasteiger partial charge in [-0.2, -0.15) is 5.10 Å². The number of halogens is 1. The highest BCUT2D eigenvalue weighted by molar-refractivity contribution is 7.80. The van der Waals surface area contributed by atoms with Gasteiger partial charge in [0.05, 0.1) is 6.21 Å². The van der Waals surface area contributed by atoms with Gasteiger partial charge in [-0.25, -0.2) is 0 Å². The Labute approximate surface area is 152 Å². The standard InChI is InChI=1S/C18H18ClN3OS/c1-2-11-20-18(24)22-21-12-15-5-3-4-6-17(15)23-13-14-7-9-16(19)10-8-14/h2-10,12H,1,11,13H2,(H2,20,22,24)/b21-12+. The van der Waals surface area contributed by atoms with Crippen LogP contribution in [0.4, 0.5) is 0 Å². The van der Waals surface area contributed by atoms with Gasteiger partial charge in [-0.15, -0.1) is 6.58 Å². The summed E-state index contributed by atoms with van der Waals surface area (Å²) in [5.41, 5.74) is 4.64. The third-order valence-electron chi connectivity index (χ3n) is 3.00. The van der Waals surface area contributed by atoms with Crippen molar-refractivity contribution in [2.45, 2.75) is 6.61 Å². The van der Waals surface area contributed by atoms with Gasteiger partial charge in [0.25, 0.3) is 0 Å². The molecule has 0 amide bonds. The number of rotatable bonds is 7. The minimum Gasteiger partial charge on any atom is -0.488 e. The van der Waals surface area contributed by atoms with Gasteiger partial charge in [-0.1, -0.05) is 41.9 Å². The summed E-state index contributed by atoms with van der Waals surface area (Å²) in [7, 11) is 0. The average Bonchev–Trinajstić information content (AvgIpc) is 2.60. The lowest BCUT2D eigenvalue weighted by Crippen LogP contribution is -2.31. The summed E-state index contributed by atoms with van der Waals surface area (Å²) in [6.45, 7) is 4.65. The largest absolute Gasteiger partial charge is 0.488 e. The highest BCUT2D eigenvalue weighted by atomic mass is 35.5. The van der Waals surface area contributed by atoms with Crippen molar-refractivity contribution in [3.05, 3.63) is 77.3 Å². The van der Waals surface area contributed by atoms with Crippen molar-refractivity contribution in [2.75, 3.05) is 6.54 Å². The summed E-state index contributed by atoms with van der Waals surface area (Å²) in [6, 6.07) is 15.2. The summed E-state index contributed by atoms with van der Waals surface area (Å²) in [4.78, 5) is 0. The molecule has 0 heterocycles. The molecule has 0 saturated heterocycles. The molecular weight excluding hydrogens is 342 g/mol. The molecule has 124 valence electrons. The quantitative estimate of drug-likeness (QED) is 0.340. The number of hydrogen-bond acceptors (Lipinski definition) is 3. The van der Waals surface area contributed by atoms with Gasteiger partial charge in [0.1, 0.15) is 12.4 Å². The van der Waals surface area contributed by atoms with Gasteiger partial charge >= 0.3 is 0 Å². The second-order valence-electron chi connectivity index (χ2n) is 4.82. The first-order valence-electron chi connectivity index (χ1n) is 7.33. The van der Waals surface area contributed by atoms with E-state index in [1.54, 1.807) is 12.3 Å². The summed E-state index contributed by atoms with van der Waals surface area (Å²) in [6.07, 6.45) is 3.39. The van der Waals surface area contributed by atoms with Gasteiger partial charge in [0.2, 0.25) is 0 Å². The van der Waals surface area contributed by atoms with Crippen LogP contribution in [0.2, 0.25) is 5.02 Å². The Hall–Kier alpha value is -2.37. The lowest BCUT2D eigenvalue weighted by atomic mass is 10.2. The molecule has 6 heteroatoms. The van der Waals surface area contributed by atoms with E-state index in [9.17, 15) is 0 Å². The highest BCUT2D eigenvalue weighted by Crippen LogP contribution is 2.18. The van der Waals surface area contributed by atoms with E-state index < -0.39 is 0 Å². The fraction of sp³-hybridized carbons (Fsp3) is 0.111. The van der Waals surface area contributed by atoms with Crippen LogP contribution in [0.1, 0.15) is 11.1 Å². The number of hydrogen-bond donors (Lipinski definition) is 2. The molecule has 0 aliphatic heterocycles. The van der Waals surface area contributed by atoms with Gasteiger partial charge in [-0.05, 0) is 42.0 Å². The maximum Gasteiger partial charge on any atom is 0.187 e. The van der Waals surface area contributed by atoms with E-state index in [1.807, 2.05) is 48.5 Å². The van der Waals surface area contributed by atoms with Crippen LogP contribution in [0.5, 0.6) is 5.75 Å². The lowest BCUT2D eigenvalue weighted by molar-refractivity contribution is 0.306. The predicted octanol–water partition coefficient (Wildman–Crippen LogP) is 3.90. The number of nitrogens with one attached hydrogen (secondary N) is 2. The molecule has 2 N–H and O–H groups in total. The average molecular weight is 360 g/mol. The Morgan fingerprint density at radius 1 is 1.21 bits per heavy atom. The molecule has 2 aromatic carbocycles. The molecule has 4 nitrogen and oxygen atoms in total. The highest BCUT2D eigenvalue weighted by Gasteiger charge is 2.02. The van der Waals surface area contributed by atoms with Crippen molar-refractivity contribution < 1.29 is 4.74 Å². The van der Waals surface area contributed by atoms with Crippen molar-refractivity contribution >= 4 is 35.1 Å². The monoisotopic (exact) mass is 359 g/mol. The molecule has 0 aliphatic carbocycles. The Morgan fingerprint density at radius 3 is 2.71 bits per heavy atom. The van der Waals surface area contributed by atoms with Crippen LogP contribution in [-0.4, -0.2) is 17.9 Å². The maximum atomic E-state index is 5.88. The molecular formula is C18H18ClN3OS. The topological polar surface area (TPSA) is 45.7 Å². The van der Waals surface area contributed by atoms with Crippen molar-refractivity contribution in [2.24, 2.45) is 5.10 Å². The molecule has 0 bridgehead atoms. The summed E-state index contributed by atoms with van der Waals surface area (Å²) in [5, 5.41) is 8.18. The Morgan fingerprint density at radius 2 is 1.96 bits per heavy atom. The van der Waals surface area contributed by atoms with Crippen molar-refractivity contribution in [1.29, 1.82) is 0 Å². The number of para-hydroxylation sites is 1. The first-order chi connectivity index (χ1) is 11.7. The number of thiocarbonyl (C=S) groups is 1. The molecule has 0 radical (unpaired) electrons. The van der Waals surface area contributed by atoms with Crippen molar-refractivity contribution in [3.8, 4) is 5.75 Å². The molecule has 0 atom stereocenters. The van der Waals surface area contributed by atoms with E-state index in [-0.39, 0.29) is 0 Å². The Bertz CT molecular complexity index is 716. The van der Waals surface area contributed by atoms with Crippen LogP contribution in [0.15, 0.2) is 66.3 Å². The SMILES string of the molecule is C=CCNC(=S)N/N=C/c1ccccc1OCc1ccc(Cl)cc1. The first kappa shape index (κ1) is 18.0. The van der Waals surface area contributed by atoms with Crippen LogP contribution in [-0.2, 0) is 6.61 Å². The fourth-order valence-electron chi connectivity index (χ4n) is 1.83. The lowest BCUT2D eigenvalue weighted by Gasteiger charge is -2.09. The molecule has 24 heavy (non-hydrogen) atoms.